The van der Waals surface area contributed by atoms with Gasteiger partial charge >= 0.3 is 0 Å². The van der Waals surface area contributed by atoms with E-state index in [0.717, 1.165) is 5.69 Å². The van der Waals surface area contributed by atoms with Crippen molar-refractivity contribution in [1.82, 2.24) is 20.6 Å². The molecule has 0 unspecified atom stereocenters. The van der Waals surface area contributed by atoms with Gasteiger partial charge in [0.15, 0.2) is 5.69 Å². The average Bonchev–Trinajstić information content (AvgIpc) is 3.03. The molecule has 0 spiro atoms. The molecule has 0 aliphatic heterocycles. The zero-order valence-corrected chi connectivity index (χ0v) is 13.2. The fraction of sp³-hybridized carbons (Fsp3) is 0.357. The standard InChI is InChI=1S/C14H18N4O2S/c1-9-8-10(17-18(9)14(2,3)4)12(19)15-16-13(20)11-6-5-7-21-11/h5-8H,1-4H3,(H,15,19)(H,16,20). The van der Waals surface area contributed by atoms with E-state index >= 15 is 0 Å². The van der Waals surface area contributed by atoms with Gasteiger partial charge in [-0.25, -0.2) is 0 Å². The fourth-order valence-corrected chi connectivity index (χ4v) is 2.53. The van der Waals surface area contributed by atoms with Gasteiger partial charge in [-0.15, -0.1) is 11.3 Å². The summed E-state index contributed by atoms with van der Waals surface area (Å²) in [6.07, 6.45) is 0. The van der Waals surface area contributed by atoms with Gasteiger partial charge in [0.2, 0.25) is 0 Å². The fourth-order valence-electron chi connectivity index (χ4n) is 1.91. The second kappa shape index (κ2) is 5.69. The summed E-state index contributed by atoms with van der Waals surface area (Å²) in [5.41, 5.74) is 5.70. The van der Waals surface area contributed by atoms with Crippen molar-refractivity contribution in [3.63, 3.8) is 0 Å². The molecule has 0 aromatic carbocycles. The van der Waals surface area contributed by atoms with Crippen LogP contribution in [0.15, 0.2) is 23.6 Å². The molecule has 2 N–H and O–H groups in total. The number of hydrogen-bond acceptors (Lipinski definition) is 4. The molecular formula is C14H18N4O2S. The Bertz CT molecular complexity index is 653. The number of nitrogens with one attached hydrogen (secondary N) is 2. The molecule has 6 nitrogen and oxygen atoms in total. The summed E-state index contributed by atoms with van der Waals surface area (Å²) in [5, 5.41) is 6.07. The molecule has 2 rings (SSSR count). The lowest BCUT2D eigenvalue weighted by Gasteiger charge is -2.21. The van der Waals surface area contributed by atoms with E-state index in [1.165, 1.54) is 11.3 Å². The maximum Gasteiger partial charge on any atom is 0.290 e. The van der Waals surface area contributed by atoms with Crippen LogP contribution in [-0.4, -0.2) is 21.6 Å². The number of nitrogens with zero attached hydrogens (tertiary/aromatic N) is 2. The van der Waals surface area contributed by atoms with Crippen molar-refractivity contribution in [3.8, 4) is 0 Å². The molecule has 0 fully saturated rings. The van der Waals surface area contributed by atoms with Crippen molar-refractivity contribution in [2.45, 2.75) is 33.2 Å². The highest BCUT2D eigenvalue weighted by molar-refractivity contribution is 7.12. The Labute approximate surface area is 127 Å². The first-order valence-electron chi connectivity index (χ1n) is 6.50. The summed E-state index contributed by atoms with van der Waals surface area (Å²) >= 11 is 1.31. The number of hydrazine groups is 1. The van der Waals surface area contributed by atoms with E-state index in [9.17, 15) is 9.59 Å². The predicted molar refractivity (Wildman–Crippen MR) is 81.2 cm³/mol. The third kappa shape index (κ3) is 3.49. The van der Waals surface area contributed by atoms with E-state index in [2.05, 4.69) is 16.0 Å². The van der Waals surface area contributed by atoms with Crippen LogP contribution in [0.5, 0.6) is 0 Å². The molecule has 21 heavy (non-hydrogen) atoms. The Kier molecular flexibility index (Phi) is 4.13. The largest absolute Gasteiger partial charge is 0.290 e. The summed E-state index contributed by atoms with van der Waals surface area (Å²) in [6, 6.07) is 5.15. The van der Waals surface area contributed by atoms with Gasteiger partial charge in [-0.05, 0) is 45.2 Å². The van der Waals surface area contributed by atoms with Gasteiger partial charge in [-0.1, -0.05) is 6.07 Å². The van der Waals surface area contributed by atoms with Gasteiger partial charge in [0.25, 0.3) is 11.8 Å². The number of amides is 2. The number of carbonyl (C=O) groups excluding carboxylic acids is 2. The molecule has 0 bridgehead atoms. The first-order chi connectivity index (χ1) is 9.79. The summed E-state index contributed by atoms with van der Waals surface area (Å²) < 4.78 is 1.78. The number of hydrogen-bond donors (Lipinski definition) is 2. The lowest BCUT2D eigenvalue weighted by Crippen LogP contribution is -2.41. The quantitative estimate of drug-likeness (QED) is 0.834. The number of carbonyl (C=O) groups is 2. The van der Waals surface area contributed by atoms with Crippen LogP contribution in [0.1, 0.15) is 46.6 Å². The molecule has 112 valence electrons. The normalized spacial score (nSPS) is 11.2. The van der Waals surface area contributed by atoms with Crippen LogP contribution in [-0.2, 0) is 5.54 Å². The highest BCUT2D eigenvalue weighted by Gasteiger charge is 2.20. The first-order valence-corrected chi connectivity index (χ1v) is 7.38. The number of thiophene rings is 1. The molecule has 0 radical (unpaired) electrons. The van der Waals surface area contributed by atoms with Crippen molar-refractivity contribution in [1.29, 1.82) is 0 Å². The SMILES string of the molecule is Cc1cc(C(=O)NNC(=O)c2cccs2)nn1C(C)(C)C. The molecule has 0 aliphatic carbocycles. The molecular weight excluding hydrogens is 288 g/mol. The highest BCUT2D eigenvalue weighted by atomic mass is 32.1. The summed E-state index contributed by atoms with van der Waals surface area (Å²) in [6.45, 7) is 7.91. The van der Waals surface area contributed by atoms with Crippen LogP contribution in [0.4, 0.5) is 0 Å². The van der Waals surface area contributed by atoms with Crippen molar-refractivity contribution in [2.75, 3.05) is 0 Å². The zero-order valence-electron chi connectivity index (χ0n) is 12.4. The molecule has 2 aromatic rings. The second-order valence-electron chi connectivity index (χ2n) is 5.64. The van der Waals surface area contributed by atoms with Gasteiger partial charge in [0, 0.05) is 5.69 Å². The molecule has 0 saturated carbocycles. The first kappa shape index (κ1) is 15.2. The molecule has 0 atom stereocenters. The lowest BCUT2D eigenvalue weighted by molar-refractivity contribution is 0.0845. The zero-order chi connectivity index (χ0) is 15.6. The summed E-state index contributed by atoms with van der Waals surface area (Å²) in [7, 11) is 0. The highest BCUT2D eigenvalue weighted by Crippen LogP contribution is 2.16. The van der Waals surface area contributed by atoms with Gasteiger partial charge in [0.05, 0.1) is 10.4 Å². The molecule has 0 aliphatic rings. The molecule has 2 heterocycles. The molecule has 2 aromatic heterocycles. The van der Waals surface area contributed by atoms with E-state index in [1.54, 1.807) is 28.3 Å². The van der Waals surface area contributed by atoms with Gasteiger partial charge in [-0.2, -0.15) is 5.10 Å². The van der Waals surface area contributed by atoms with Gasteiger partial charge in [-0.3, -0.25) is 25.1 Å². The minimum Gasteiger partial charge on any atom is -0.266 e. The molecule has 7 heteroatoms. The monoisotopic (exact) mass is 306 g/mol. The Balaban J connectivity index is 2.03. The van der Waals surface area contributed by atoms with E-state index in [4.69, 9.17) is 0 Å². The van der Waals surface area contributed by atoms with Crippen LogP contribution in [0.25, 0.3) is 0 Å². The van der Waals surface area contributed by atoms with Crippen LogP contribution in [0.3, 0.4) is 0 Å². The summed E-state index contributed by atoms with van der Waals surface area (Å²) in [5.74, 6) is -0.781. The third-order valence-corrected chi connectivity index (χ3v) is 3.66. The smallest absolute Gasteiger partial charge is 0.266 e. The van der Waals surface area contributed by atoms with E-state index in [1.807, 2.05) is 27.7 Å². The minimum absolute atomic E-state index is 0.206. The Morgan fingerprint density at radius 2 is 1.90 bits per heavy atom. The van der Waals surface area contributed by atoms with Crippen LogP contribution in [0, 0.1) is 6.92 Å². The van der Waals surface area contributed by atoms with Crippen molar-refractivity contribution < 1.29 is 9.59 Å². The van der Waals surface area contributed by atoms with Crippen LogP contribution < -0.4 is 10.9 Å². The van der Waals surface area contributed by atoms with Crippen LogP contribution >= 0.6 is 11.3 Å². The molecule has 0 saturated heterocycles. The van der Waals surface area contributed by atoms with Crippen molar-refractivity contribution in [3.05, 3.63) is 39.8 Å². The lowest BCUT2D eigenvalue weighted by atomic mass is 10.1. The number of rotatable bonds is 2. The van der Waals surface area contributed by atoms with E-state index in [-0.39, 0.29) is 17.1 Å². The maximum atomic E-state index is 12.0. The van der Waals surface area contributed by atoms with Crippen LogP contribution in [0.2, 0.25) is 0 Å². The van der Waals surface area contributed by atoms with E-state index < -0.39 is 5.91 Å². The Morgan fingerprint density at radius 1 is 1.24 bits per heavy atom. The van der Waals surface area contributed by atoms with Crippen molar-refractivity contribution >= 4 is 23.2 Å². The average molecular weight is 306 g/mol. The van der Waals surface area contributed by atoms with Gasteiger partial charge in [0.1, 0.15) is 0 Å². The number of aryl methyl sites for hydroxylation is 1. The Morgan fingerprint density at radius 3 is 2.43 bits per heavy atom. The minimum atomic E-state index is -0.439. The number of aromatic nitrogens is 2. The second-order valence-corrected chi connectivity index (χ2v) is 6.59. The maximum absolute atomic E-state index is 12.0. The van der Waals surface area contributed by atoms with E-state index in [0.29, 0.717) is 4.88 Å². The third-order valence-electron chi connectivity index (χ3n) is 2.79. The molecule has 2 amide bonds. The van der Waals surface area contributed by atoms with Crippen molar-refractivity contribution in [2.24, 2.45) is 0 Å². The Hall–Kier alpha value is -2.15. The predicted octanol–water partition coefficient (Wildman–Crippen LogP) is 2.08. The van der Waals surface area contributed by atoms with Gasteiger partial charge < -0.3 is 0 Å². The topological polar surface area (TPSA) is 76.0 Å². The summed E-state index contributed by atoms with van der Waals surface area (Å²) in [4.78, 5) is 24.3.